The molecule has 0 fully saturated rings. The van der Waals surface area contributed by atoms with Crippen molar-refractivity contribution in [3.05, 3.63) is 29.3 Å². The van der Waals surface area contributed by atoms with Crippen molar-refractivity contribution in [2.75, 3.05) is 19.7 Å². The van der Waals surface area contributed by atoms with Gasteiger partial charge in [-0.2, -0.15) is 0 Å². The Kier molecular flexibility index (Phi) is 5.95. The third-order valence-electron chi connectivity index (χ3n) is 2.88. The number of nitrogens with one attached hydrogen (secondary N) is 1. The number of nitrogens with zero attached hydrogens (tertiary/aromatic N) is 2. The molecule has 0 aliphatic carbocycles. The van der Waals surface area contributed by atoms with E-state index in [4.69, 9.17) is 4.74 Å². The summed E-state index contributed by atoms with van der Waals surface area (Å²) >= 11 is 1.65. The molecule has 0 unspecified atom stereocenters. The summed E-state index contributed by atoms with van der Waals surface area (Å²) in [5.74, 6) is 0.880. The number of hydrogen-bond acceptors (Lipinski definition) is 5. The van der Waals surface area contributed by atoms with Crippen LogP contribution in [0.1, 0.15) is 25.3 Å². The van der Waals surface area contributed by atoms with E-state index in [0.717, 1.165) is 47.3 Å². The van der Waals surface area contributed by atoms with E-state index in [0.29, 0.717) is 6.61 Å². The molecule has 108 valence electrons. The molecule has 20 heavy (non-hydrogen) atoms. The van der Waals surface area contributed by atoms with E-state index in [-0.39, 0.29) is 0 Å². The average molecular weight is 291 g/mol. The molecule has 4 nitrogen and oxygen atoms in total. The maximum atomic E-state index is 5.64. The Morgan fingerprint density at radius 1 is 1.20 bits per heavy atom. The van der Waals surface area contributed by atoms with Gasteiger partial charge >= 0.3 is 0 Å². The Balaban J connectivity index is 2.04. The van der Waals surface area contributed by atoms with E-state index in [1.807, 2.05) is 31.2 Å². The van der Waals surface area contributed by atoms with Crippen molar-refractivity contribution < 1.29 is 4.74 Å². The molecule has 1 N–H and O–H groups in total. The van der Waals surface area contributed by atoms with Crippen molar-refractivity contribution in [1.82, 2.24) is 15.5 Å². The highest BCUT2D eigenvalue weighted by Crippen LogP contribution is 2.32. The molecular formula is C15H21N3OS. The van der Waals surface area contributed by atoms with Gasteiger partial charge in [-0.3, -0.25) is 0 Å². The molecule has 0 aliphatic heterocycles. The molecule has 0 radical (unpaired) electrons. The summed E-state index contributed by atoms with van der Waals surface area (Å²) in [4.78, 5) is 0. The summed E-state index contributed by atoms with van der Waals surface area (Å²) in [7, 11) is 0. The van der Waals surface area contributed by atoms with E-state index < -0.39 is 0 Å². The SMILES string of the molecule is CCNCCCc1nnc(-c2ccccc2OCC)s1. The van der Waals surface area contributed by atoms with Gasteiger partial charge in [0.15, 0.2) is 5.01 Å². The highest BCUT2D eigenvalue weighted by atomic mass is 32.1. The Labute approximate surface area is 124 Å². The van der Waals surface area contributed by atoms with E-state index in [9.17, 15) is 0 Å². The van der Waals surface area contributed by atoms with Gasteiger partial charge in [0.1, 0.15) is 10.8 Å². The van der Waals surface area contributed by atoms with Crippen LogP contribution in [0.15, 0.2) is 24.3 Å². The van der Waals surface area contributed by atoms with Crippen molar-refractivity contribution >= 4 is 11.3 Å². The zero-order valence-corrected chi connectivity index (χ0v) is 12.9. The predicted molar refractivity (Wildman–Crippen MR) is 83.4 cm³/mol. The van der Waals surface area contributed by atoms with Crippen LogP contribution in [0.5, 0.6) is 5.75 Å². The minimum absolute atomic E-state index is 0.658. The number of ether oxygens (including phenoxy) is 1. The fourth-order valence-corrected chi connectivity index (χ4v) is 2.84. The molecule has 2 aromatic rings. The van der Waals surface area contributed by atoms with Gasteiger partial charge in [0.2, 0.25) is 0 Å². The van der Waals surface area contributed by atoms with Crippen LogP contribution in [0.4, 0.5) is 0 Å². The Bertz CT molecular complexity index is 527. The molecule has 0 atom stereocenters. The zero-order valence-electron chi connectivity index (χ0n) is 12.1. The van der Waals surface area contributed by atoms with Crippen molar-refractivity contribution in [2.24, 2.45) is 0 Å². The monoisotopic (exact) mass is 291 g/mol. The van der Waals surface area contributed by atoms with E-state index in [1.54, 1.807) is 11.3 Å². The fraction of sp³-hybridized carbons (Fsp3) is 0.467. The first-order valence-corrected chi connectivity index (χ1v) is 7.92. The number of hydrogen-bond donors (Lipinski definition) is 1. The molecule has 0 saturated heterocycles. The summed E-state index contributed by atoms with van der Waals surface area (Å²) in [6, 6.07) is 8.00. The lowest BCUT2D eigenvalue weighted by atomic mass is 10.2. The van der Waals surface area contributed by atoms with Crippen LogP contribution in [0, 0.1) is 0 Å². The maximum Gasteiger partial charge on any atom is 0.151 e. The topological polar surface area (TPSA) is 47.0 Å². The number of benzene rings is 1. The summed E-state index contributed by atoms with van der Waals surface area (Å²) in [6.45, 7) is 6.81. The average Bonchev–Trinajstić information content (AvgIpc) is 2.93. The lowest BCUT2D eigenvalue weighted by Gasteiger charge is -2.06. The lowest BCUT2D eigenvalue weighted by Crippen LogP contribution is -2.14. The summed E-state index contributed by atoms with van der Waals surface area (Å²) in [5.41, 5.74) is 1.03. The first kappa shape index (κ1) is 14.9. The van der Waals surface area contributed by atoms with Crippen molar-refractivity contribution in [1.29, 1.82) is 0 Å². The van der Waals surface area contributed by atoms with Gasteiger partial charge in [-0.1, -0.05) is 30.4 Å². The molecule has 1 aromatic heterocycles. The van der Waals surface area contributed by atoms with E-state index >= 15 is 0 Å². The number of aromatic nitrogens is 2. The van der Waals surface area contributed by atoms with Gasteiger partial charge in [0, 0.05) is 6.42 Å². The van der Waals surface area contributed by atoms with Crippen LogP contribution in [0.25, 0.3) is 10.6 Å². The third-order valence-corrected chi connectivity index (χ3v) is 3.89. The largest absolute Gasteiger partial charge is 0.493 e. The zero-order chi connectivity index (χ0) is 14.2. The van der Waals surface area contributed by atoms with Gasteiger partial charge in [-0.15, -0.1) is 10.2 Å². The molecule has 5 heteroatoms. The van der Waals surface area contributed by atoms with Crippen LogP contribution in [-0.4, -0.2) is 29.9 Å². The number of para-hydroxylation sites is 1. The Morgan fingerprint density at radius 2 is 2.05 bits per heavy atom. The van der Waals surface area contributed by atoms with Crippen LogP contribution < -0.4 is 10.1 Å². The maximum absolute atomic E-state index is 5.64. The van der Waals surface area contributed by atoms with Crippen LogP contribution in [0.3, 0.4) is 0 Å². The van der Waals surface area contributed by atoms with Crippen LogP contribution in [0.2, 0.25) is 0 Å². The van der Waals surface area contributed by atoms with Crippen molar-refractivity contribution in [2.45, 2.75) is 26.7 Å². The second kappa shape index (κ2) is 7.97. The molecule has 0 spiro atoms. The third kappa shape index (κ3) is 4.02. The second-order valence-corrected chi connectivity index (χ2v) is 5.45. The standard InChI is InChI=1S/C15H21N3OS/c1-3-16-11-7-10-14-17-18-15(20-14)12-8-5-6-9-13(12)19-4-2/h5-6,8-9,16H,3-4,7,10-11H2,1-2H3. The molecule has 1 aromatic carbocycles. The predicted octanol–water partition coefficient (Wildman–Crippen LogP) is 3.15. The Hall–Kier alpha value is -1.46. The molecule has 2 rings (SSSR count). The van der Waals surface area contributed by atoms with Crippen molar-refractivity contribution in [3.63, 3.8) is 0 Å². The first-order chi connectivity index (χ1) is 9.85. The van der Waals surface area contributed by atoms with Gasteiger partial charge in [-0.25, -0.2) is 0 Å². The van der Waals surface area contributed by atoms with Gasteiger partial charge in [0.05, 0.1) is 12.2 Å². The quantitative estimate of drug-likeness (QED) is 0.759. The summed E-state index contributed by atoms with van der Waals surface area (Å²) in [6.07, 6.45) is 2.07. The van der Waals surface area contributed by atoms with Crippen LogP contribution in [-0.2, 0) is 6.42 Å². The highest BCUT2D eigenvalue weighted by Gasteiger charge is 2.11. The minimum Gasteiger partial charge on any atom is -0.493 e. The lowest BCUT2D eigenvalue weighted by molar-refractivity contribution is 0.341. The Morgan fingerprint density at radius 3 is 2.85 bits per heavy atom. The summed E-state index contributed by atoms with van der Waals surface area (Å²) in [5, 5.41) is 13.9. The normalized spacial score (nSPS) is 10.7. The van der Waals surface area contributed by atoms with Crippen molar-refractivity contribution in [3.8, 4) is 16.3 Å². The summed E-state index contributed by atoms with van der Waals surface area (Å²) < 4.78 is 5.64. The van der Waals surface area contributed by atoms with Crippen LogP contribution >= 0.6 is 11.3 Å². The number of aryl methyl sites for hydroxylation is 1. The molecule has 1 heterocycles. The number of rotatable bonds is 8. The van der Waals surface area contributed by atoms with E-state index in [1.165, 1.54) is 0 Å². The molecule has 0 amide bonds. The first-order valence-electron chi connectivity index (χ1n) is 7.10. The fourth-order valence-electron chi connectivity index (χ4n) is 1.93. The highest BCUT2D eigenvalue weighted by molar-refractivity contribution is 7.14. The second-order valence-electron chi connectivity index (χ2n) is 4.39. The van der Waals surface area contributed by atoms with Gasteiger partial charge in [0.25, 0.3) is 0 Å². The molecule has 0 aliphatic rings. The minimum atomic E-state index is 0.658. The van der Waals surface area contributed by atoms with Gasteiger partial charge < -0.3 is 10.1 Å². The van der Waals surface area contributed by atoms with E-state index in [2.05, 4.69) is 22.4 Å². The molecule has 0 bridgehead atoms. The molecular weight excluding hydrogens is 270 g/mol. The van der Waals surface area contributed by atoms with Gasteiger partial charge in [-0.05, 0) is 38.6 Å². The smallest absolute Gasteiger partial charge is 0.151 e. The molecule has 0 saturated carbocycles.